The quantitative estimate of drug-likeness (QED) is 0.651. The molecule has 3 rings (SSSR count). The second-order valence-corrected chi connectivity index (χ2v) is 12.5. The van der Waals surface area contributed by atoms with Crippen molar-refractivity contribution in [1.82, 2.24) is 0 Å². The van der Waals surface area contributed by atoms with Crippen molar-refractivity contribution in [3.05, 3.63) is 91.0 Å². The third kappa shape index (κ3) is 2.32. The molecule has 0 radical (unpaired) electrons. The van der Waals surface area contributed by atoms with Crippen molar-refractivity contribution in [2.45, 2.75) is 5.71 Å². The van der Waals surface area contributed by atoms with Crippen molar-refractivity contribution in [3.63, 3.8) is 0 Å². The second-order valence-electron chi connectivity index (χ2n) is 5.01. The van der Waals surface area contributed by atoms with E-state index in [4.69, 9.17) is 0 Å². The van der Waals surface area contributed by atoms with Crippen molar-refractivity contribution in [2.24, 2.45) is 0 Å². The average molecular weight is 320 g/mol. The van der Waals surface area contributed by atoms with Gasteiger partial charge in [-0.1, -0.05) is 0 Å². The van der Waals surface area contributed by atoms with Crippen LogP contribution in [0.15, 0.2) is 91.0 Å². The standard InChI is InChI=1S/C19H18As/c1-20(17-11-5-2-6-12-17,18-13-7-3-8-14-18)19-15-9-4-10-16-19/h2-16H,1H3/q+1/i1-1. The Morgan fingerprint density at radius 3 is 0.950 bits per heavy atom. The van der Waals surface area contributed by atoms with E-state index < -0.39 is 13.6 Å². The summed E-state index contributed by atoms with van der Waals surface area (Å²) in [6.07, 6.45) is 0. The summed E-state index contributed by atoms with van der Waals surface area (Å²) in [7, 11) is 0. The number of hydrogen-bond acceptors (Lipinski definition) is 0. The Morgan fingerprint density at radius 2 is 0.700 bits per heavy atom. The summed E-state index contributed by atoms with van der Waals surface area (Å²) < 4.78 is 4.47. The van der Waals surface area contributed by atoms with Crippen LogP contribution >= 0.6 is 0 Å². The summed E-state index contributed by atoms with van der Waals surface area (Å²) >= 11 is -2.29. The van der Waals surface area contributed by atoms with Gasteiger partial charge in [0.1, 0.15) is 0 Å². The minimum atomic E-state index is -2.29. The molecule has 1 heteroatoms. The number of hydrogen-bond donors (Lipinski definition) is 0. The van der Waals surface area contributed by atoms with Gasteiger partial charge in [-0.05, 0) is 0 Å². The van der Waals surface area contributed by atoms with Gasteiger partial charge in [-0.15, -0.1) is 0 Å². The summed E-state index contributed by atoms with van der Waals surface area (Å²) in [6.45, 7) is 0. The molecule has 0 aromatic heterocycles. The Balaban J connectivity index is 2.24. The van der Waals surface area contributed by atoms with Gasteiger partial charge in [0.05, 0.1) is 0 Å². The maximum absolute atomic E-state index is 2.47. The molecule has 0 aliphatic heterocycles. The first-order valence-corrected chi connectivity index (χ1v) is 11.5. The van der Waals surface area contributed by atoms with Crippen LogP contribution < -0.4 is 13.1 Å². The fourth-order valence-electron chi connectivity index (χ4n) is 2.63. The molecule has 0 atom stereocenters. The second kappa shape index (κ2) is 5.69. The van der Waals surface area contributed by atoms with Crippen LogP contribution in [0.2, 0.25) is 5.71 Å². The summed E-state index contributed by atoms with van der Waals surface area (Å²) in [5, 5.41) is 0. The monoisotopic (exact) mass is 320 g/mol. The van der Waals surface area contributed by atoms with Crippen LogP contribution in [0.1, 0.15) is 0 Å². The van der Waals surface area contributed by atoms with Crippen LogP contribution in [0.3, 0.4) is 0 Å². The molecule has 0 nitrogen and oxygen atoms in total. The van der Waals surface area contributed by atoms with Crippen molar-refractivity contribution in [2.75, 3.05) is 0 Å². The third-order valence-electron chi connectivity index (χ3n) is 3.82. The van der Waals surface area contributed by atoms with Crippen LogP contribution in [0, 0.1) is 0 Å². The van der Waals surface area contributed by atoms with E-state index in [-0.39, 0.29) is 0 Å². The zero-order valence-corrected chi connectivity index (χ0v) is 13.5. The molecule has 20 heavy (non-hydrogen) atoms. The Bertz CT molecular complexity index is 563. The molecule has 0 aliphatic rings. The van der Waals surface area contributed by atoms with E-state index in [1.807, 2.05) is 0 Å². The van der Waals surface area contributed by atoms with E-state index >= 15 is 0 Å². The van der Waals surface area contributed by atoms with Crippen LogP contribution in [0.5, 0.6) is 0 Å². The van der Waals surface area contributed by atoms with Crippen LogP contribution in [-0.2, 0) is 0 Å². The normalized spacial score (nSPS) is 11.2. The predicted octanol–water partition coefficient (Wildman–Crippen LogP) is 2.79. The summed E-state index contributed by atoms with van der Waals surface area (Å²) in [6, 6.07) is 32.9. The molecule has 98 valence electrons. The van der Waals surface area contributed by atoms with Crippen molar-refractivity contribution >= 4 is 26.6 Å². The predicted molar refractivity (Wildman–Crippen MR) is 89.8 cm³/mol. The average Bonchev–Trinajstić information content (AvgIpc) is 2.56. The molecule has 0 N–H and O–H groups in total. The van der Waals surface area contributed by atoms with Gasteiger partial charge in [0, 0.05) is 0 Å². The molecule has 0 fully saturated rings. The molecule has 0 saturated heterocycles. The number of benzene rings is 3. The Morgan fingerprint density at radius 1 is 0.450 bits per heavy atom. The molecular formula is C19H18As+. The van der Waals surface area contributed by atoms with Gasteiger partial charge in [-0.25, -0.2) is 0 Å². The molecule has 0 aliphatic carbocycles. The van der Waals surface area contributed by atoms with Gasteiger partial charge >= 0.3 is 123 Å². The summed E-state index contributed by atoms with van der Waals surface area (Å²) in [5.41, 5.74) is 2.47. The topological polar surface area (TPSA) is 0 Å². The van der Waals surface area contributed by atoms with E-state index in [0.717, 1.165) is 0 Å². The van der Waals surface area contributed by atoms with Crippen LogP contribution in [0.25, 0.3) is 0 Å². The van der Waals surface area contributed by atoms with Gasteiger partial charge < -0.3 is 0 Å². The molecule has 0 spiro atoms. The molecular weight excluding hydrogens is 302 g/mol. The zero-order chi connectivity index (χ0) is 13.8. The fraction of sp³-hybridized carbons (Fsp3) is 0.0526. The first kappa shape index (κ1) is 13.2. The van der Waals surface area contributed by atoms with Gasteiger partial charge in [0.2, 0.25) is 0 Å². The summed E-state index contributed by atoms with van der Waals surface area (Å²) in [5.74, 6) is 0. The molecule has 3 aromatic rings. The molecule has 0 heterocycles. The van der Waals surface area contributed by atoms with E-state index in [9.17, 15) is 0 Å². The molecule has 3 aromatic carbocycles. The van der Waals surface area contributed by atoms with Crippen molar-refractivity contribution in [1.29, 1.82) is 0 Å². The third-order valence-corrected chi connectivity index (χ3v) is 12.2. The van der Waals surface area contributed by atoms with Crippen molar-refractivity contribution < 1.29 is 0 Å². The molecule has 0 amide bonds. The van der Waals surface area contributed by atoms with Crippen LogP contribution in [-0.4, -0.2) is 13.6 Å². The first-order valence-electron chi connectivity index (χ1n) is 6.85. The van der Waals surface area contributed by atoms with E-state index in [1.54, 1.807) is 0 Å². The Labute approximate surface area is 123 Å². The van der Waals surface area contributed by atoms with Gasteiger partial charge in [-0.2, -0.15) is 0 Å². The van der Waals surface area contributed by atoms with Gasteiger partial charge in [-0.3, -0.25) is 0 Å². The molecule has 0 bridgehead atoms. The molecule has 0 unspecified atom stereocenters. The fourth-order valence-corrected chi connectivity index (χ4v) is 9.34. The maximum atomic E-state index is 2.47. The van der Waals surface area contributed by atoms with E-state index in [0.29, 0.717) is 0 Å². The van der Waals surface area contributed by atoms with Gasteiger partial charge in [0.25, 0.3) is 0 Å². The number of rotatable bonds is 3. The van der Waals surface area contributed by atoms with Crippen molar-refractivity contribution in [3.8, 4) is 0 Å². The van der Waals surface area contributed by atoms with Gasteiger partial charge in [0.15, 0.2) is 0 Å². The zero-order valence-electron chi connectivity index (χ0n) is 11.6. The SMILES string of the molecule is [11CH3][As+](c1ccccc1)(c1ccccc1)c1ccccc1. The van der Waals surface area contributed by atoms with E-state index in [2.05, 4.69) is 96.7 Å². The van der Waals surface area contributed by atoms with E-state index in [1.165, 1.54) is 13.1 Å². The minimum absolute atomic E-state index is 1.49. The first-order chi connectivity index (χ1) is 9.82. The Kier molecular flexibility index (Phi) is 3.76. The summed E-state index contributed by atoms with van der Waals surface area (Å²) in [4.78, 5) is 0. The Hall–Kier alpha value is -1.78. The molecule has 0 saturated carbocycles. The van der Waals surface area contributed by atoms with Crippen LogP contribution in [0.4, 0.5) is 0 Å².